The van der Waals surface area contributed by atoms with Gasteiger partial charge in [0.1, 0.15) is 12.6 Å². The lowest BCUT2D eigenvalue weighted by molar-refractivity contribution is -0.162. The van der Waals surface area contributed by atoms with Gasteiger partial charge in [-0.1, -0.05) is 29.3 Å². The van der Waals surface area contributed by atoms with Crippen LogP contribution in [-0.4, -0.2) is 62.0 Å². The van der Waals surface area contributed by atoms with Gasteiger partial charge < -0.3 is 10.1 Å². The van der Waals surface area contributed by atoms with Crippen LogP contribution in [0.15, 0.2) is 35.3 Å². The fraction of sp³-hybridized carbons (Fsp3) is 0.444. The van der Waals surface area contributed by atoms with Crippen molar-refractivity contribution in [1.29, 1.82) is 0 Å². The van der Waals surface area contributed by atoms with E-state index in [1.165, 1.54) is 11.1 Å². The van der Waals surface area contributed by atoms with Crippen molar-refractivity contribution < 1.29 is 27.9 Å². The number of benzene rings is 2. The van der Waals surface area contributed by atoms with Crippen LogP contribution in [0.3, 0.4) is 0 Å². The molecule has 1 unspecified atom stereocenters. The maximum atomic E-state index is 15.3. The molecule has 2 aromatic carbocycles. The van der Waals surface area contributed by atoms with Crippen molar-refractivity contribution in [3.8, 4) is 0 Å². The number of hydrogen-bond donors (Lipinski definition) is 1. The Bertz CT molecular complexity index is 1340. The number of halogens is 4. The molecule has 1 N–H and O–H groups in total. The van der Waals surface area contributed by atoms with Crippen molar-refractivity contribution in [2.75, 3.05) is 33.4 Å². The molecule has 2 aliphatic heterocycles. The first-order chi connectivity index (χ1) is 18.1. The molecule has 5 rings (SSSR count). The van der Waals surface area contributed by atoms with E-state index >= 15 is 8.78 Å². The number of alkyl halides is 2. The minimum absolute atomic E-state index is 0.0305. The monoisotopic (exact) mass is 565 g/mol. The quantitative estimate of drug-likeness (QED) is 0.464. The molecule has 0 bridgehead atoms. The molecular weight excluding hydrogens is 539 g/mol. The van der Waals surface area contributed by atoms with Gasteiger partial charge in [-0.3, -0.25) is 19.4 Å². The van der Waals surface area contributed by atoms with E-state index in [0.717, 1.165) is 12.8 Å². The van der Waals surface area contributed by atoms with E-state index in [-0.39, 0.29) is 36.1 Å². The minimum Gasteiger partial charge on any atom is -0.385 e. The molecule has 1 fully saturated rings. The molecule has 7 nitrogen and oxygen atoms in total. The van der Waals surface area contributed by atoms with Gasteiger partial charge in [0, 0.05) is 48.5 Å². The third-order valence-electron chi connectivity index (χ3n) is 7.50. The second-order valence-electron chi connectivity index (χ2n) is 9.90. The molecule has 1 spiro atoms. The molecule has 2 aromatic rings. The highest BCUT2D eigenvalue weighted by atomic mass is 35.5. The molecule has 3 aliphatic rings. The lowest BCUT2D eigenvalue weighted by atomic mass is 9.59. The van der Waals surface area contributed by atoms with Crippen LogP contribution in [0.5, 0.6) is 0 Å². The Labute approximate surface area is 229 Å². The molecule has 2 amide bonds. The molecule has 1 saturated heterocycles. The molecule has 1 aliphatic carbocycles. The Morgan fingerprint density at radius 1 is 1.26 bits per heavy atom. The highest BCUT2D eigenvalue weighted by molar-refractivity contribution is 6.35. The summed E-state index contributed by atoms with van der Waals surface area (Å²) in [7, 11) is 1.62. The Hall–Kier alpha value is -2.59. The van der Waals surface area contributed by atoms with E-state index < -0.39 is 23.3 Å². The zero-order chi connectivity index (χ0) is 27.2. The number of aliphatic imine (C=N–C) groups is 1. The summed E-state index contributed by atoms with van der Waals surface area (Å²) < 4.78 is 35.6. The number of methoxy groups -OCH3 is 1. The molecule has 38 heavy (non-hydrogen) atoms. The number of ether oxygens (including phenoxy) is 1. The zero-order valence-electron chi connectivity index (χ0n) is 21.0. The van der Waals surface area contributed by atoms with Gasteiger partial charge in [0.25, 0.3) is 17.7 Å². The van der Waals surface area contributed by atoms with Gasteiger partial charge >= 0.3 is 0 Å². The van der Waals surface area contributed by atoms with Gasteiger partial charge in [-0.05, 0) is 60.7 Å². The van der Waals surface area contributed by atoms with Crippen LogP contribution in [0, 0.1) is 6.92 Å². The number of rotatable bonds is 8. The minimum atomic E-state index is -3.13. The van der Waals surface area contributed by atoms with Crippen LogP contribution >= 0.6 is 23.2 Å². The number of hydroxylamine groups is 2. The smallest absolute Gasteiger partial charge is 0.286 e. The van der Waals surface area contributed by atoms with Gasteiger partial charge in [0.2, 0.25) is 0 Å². The van der Waals surface area contributed by atoms with Crippen LogP contribution in [0.4, 0.5) is 8.78 Å². The summed E-state index contributed by atoms with van der Waals surface area (Å²) in [6, 6.07) is 7.17. The van der Waals surface area contributed by atoms with Gasteiger partial charge in [0.15, 0.2) is 0 Å². The third-order valence-corrected chi connectivity index (χ3v) is 8.02. The van der Waals surface area contributed by atoms with Crippen molar-refractivity contribution in [1.82, 2.24) is 10.4 Å². The standard InChI is InChI=1S/C27H27Cl2F2N3O4/c1-15-9-16(21-12-26(14-32-21)19-10-17(28)11-20(29)23(19)27(26,30)31)5-6-18(15)24(35)33-22-13-38-34(25(22)36)7-3-4-8-37-2/h5-6,9-11,22H,3-4,7-8,12-14H2,1-2H3,(H,33,35)/t22-,26?/m1/s1. The fourth-order valence-electron chi connectivity index (χ4n) is 5.42. The maximum absolute atomic E-state index is 15.3. The SMILES string of the molecule is COCCCCN1OC[C@@H](NC(=O)c2ccc(C3=NCC4(C3)c3cc(Cl)cc(Cl)c3C4(F)F)cc2C)C1=O. The predicted molar refractivity (Wildman–Crippen MR) is 139 cm³/mol. The largest absolute Gasteiger partial charge is 0.385 e. The lowest BCUT2D eigenvalue weighted by Gasteiger charge is -2.48. The van der Waals surface area contributed by atoms with Gasteiger partial charge in [-0.15, -0.1) is 0 Å². The van der Waals surface area contributed by atoms with Crippen molar-refractivity contribution in [3.63, 3.8) is 0 Å². The molecule has 0 radical (unpaired) electrons. The second-order valence-corrected chi connectivity index (χ2v) is 10.7. The van der Waals surface area contributed by atoms with E-state index in [9.17, 15) is 9.59 Å². The highest BCUT2D eigenvalue weighted by Crippen LogP contribution is 2.64. The van der Waals surface area contributed by atoms with Crippen LogP contribution in [0.1, 0.15) is 51.9 Å². The molecule has 0 saturated carbocycles. The Kier molecular flexibility index (Phi) is 7.24. The summed E-state index contributed by atoms with van der Waals surface area (Å²) in [6.45, 7) is 2.77. The Morgan fingerprint density at radius 3 is 2.79 bits per heavy atom. The average Bonchev–Trinajstić information content (AvgIpc) is 3.48. The maximum Gasteiger partial charge on any atom is 0.286 e. The molecule has 0 aromatic heterocycles. The van der Waals surface area contributed by atoms with E-state index in [1.807, 2.05) is 0 Å². The summed E-state index contributed by atoms with van der Waals surface area (Å²) in [5.74, 6) is -3.83. The molecule has 2 heterocycles. The topological polar surface area (TPSA) is 80.2 Å². The van der Waals surface area contributed by atoms with Gasteiger partial charge in [-0.25, -0.2) is 13.8 Å². The number of hydrogen-bond acceptors (Lipinski definition) is 5. The number of carbonyl (C=O) groups excluding carboxylic acids is 2. The third kappa shape index (κ3) is 4.39. The Morgan fingerprint density at radius 2 is 2.05 bits per heavy atom. The first kappa shape index (κ1) is 27.0. The van der Waals surface area contributed by atoms with Gasteiger partial charge in [-0.2, -0.15) is 0 Å². The number of amides is 2. The van der Waals surface area contributed by atoms with Gasteiger partial charge in [0.05, 0.1) is 17.0 Å². The highest BCUT2D eigenvalue weighted by Gasteiger charge is 2.68. The Balaban J connectivity index is 1.25. The summed E-state index contributed by atoms with van der Waals surface area (Å²) in [5, 5.41) is 4.28. The first-order valence-corrected chi connectivity index (χ1v) is 13.1. The molecule has 2 atom stereocenters. The number of nitrogens with zero attached hydrogens (tertiary/aromatic N) is 2. The number of carbonyl (C=O) groups is 2. The normalized spacial score (nSPS) is 23.4. The van der Waals surface area contributed by atoms with Crippen molar-refractivity contribution in [3.05, 3.63) is 68.2 Å². The van der Waals surface area contributed by atoms with Crippen molar-refractivity contribution >= 4 is 40.7 Å². The van der Waals surface area contributed by atoms with E-state index in [0.29, 0.717) is 46.1 Å². The zero-order valence-corrected chi connectivity index (χ0v) is 22.5. The van der Waals surface area contributed by atoms with Crippen molar-refractivity contribution in [2.24, 2.45) is 4.99 Å². The van der Waals surface area contributed by atoms with E-state index in [4.69, 9.17) is 32.8 Å². The summed E-state index contributed by atoms with van der Waals surface area (Å²) in [6.07, 6.45) is 1.55. The van der Waals surface area contributed by atoms with E-state index in [1.54, 1.807) is 38.3 Å². The van der Waals surface area contributed by atoms with Crippen molar-refractivity contribution in [2.45, 2.75) is 43.6 Å². The fourth-order valence-corrected chi connectivity index (χ4v) is 6.03. The van der Waals surface area contributed by atoms with Crippen LogP contribution < -0.4 is 5.32 Å². The van der Waals surface area contributed by atoms with Crippen LogP contribution in [0.25, 0.3) is 0 Å². The first-order valence-electron chi connectivity index (χ1n) is 12.4. The van der Waals surface area contributed by atoms with E-state index in [2.05, 4.69) is 10.3 Å². The average molecular weight is 566 g/mol. The number of fused-ring (bicyclic) bond motifs is 2. The lowest BCUT2D eigenvalue weighted by Crippen LogP contribution is -2.54. The number of nitrogens with one attached hydrogen (secondary N) is 1. The summed E-state index contributed by atoms with van der Waals surface area (Å²) in [4.78, 5) is 35.4. The number of aryl methyl sites for hydroxylation is 1. The molecular formula is C27H27Cl2F2N3O4. The van der Waals surface area contributed by atoms with Crippen LogP contribution in [0.2, 0.25) is 10.0 Å². The molecule has 202 valence electrons. The second kappa shape index (κ2) is 10.2. The summed E-state index contributed by atoms with van der Waals surface area (Å²) in [5.41, 5.74) is 0.990. The predicted octanol–water partition coefficient (Wildman–Crippen LogP) is 4.84. The number of unbranched alkanes of at least 4 members (excludes halogenated alkanes) is 1. The van der Waals surface area contributed by atoms with Crippen LogP contribution in [-0.2, 0) is 25.7 Å². The molecule has 11 heteroatoms. The summed E-state index contributed by atoms with van der Waals surface area (Å²) >= 11 is 12.2.